The van der Waals surface area contributed by atoms with E-state index in [-0.39, 0.29) is 5.56 Å². The minimum absolute atomic E-state index is 0.00159. The van der Waals surface area contributed by atoms with Crippen LogP contribution in [-0.4, -0.2) is 14.1 Å². The lowest BCUT2D eigenvalue weighted by atomic mass is 10.0. The Balaban J connectivity index is 1.69. The molecule has 0 saturated carbocycles. The summed E-state index contributed by atoms with van der Waals surface area (Å²) in [5, 5.41) is 3.98. The van der Waals surface area contributed by atoms with Gasteiger partial charge in [-0.25, -0.2) is 0 Å². The molecule has 0 radical (unpaired) electrons. The van der Waals surface area contributed by atoms with Gasteiger partial charge in [0.15, 0.2) is 0 Å². The number of hydrogen-bond acceptors (Lipinski definition) is 2. The monoisotopic (exact) mass is 429 g/mol. The zero-order valence-electron chi connectivity index (χ0n) is 18.4. The molecule has 0 unspecified atom stereocenters. The predicted octanol–water partition coefficient (Wildman–Crippen LogP) is 6.10. The van der Waals surface area contributed by atoms with Crippen molar-refractivity contribution < 1.29 is 0 Å². The molecule has 0 aliphatic rings. The van der Waals surface area contributed by atoms with Gasteiger partial charge in [-0.15, -0.1) is 0 Å². The molecule has 0 spiro atoms. The number of rotatable bonds is 4. The lowest BCUT2D eigenvalue weighted by Crippen LogP contribution is -2.25. The molecule has 0 amide bonds. The van der Waals surface area contributed by atoms with Gasteiger partial charge in [0.2, 0.25) is 0 Å². The third-order valence-corrected chi connectivity index (χ3v) is 6.50. The second kappa shape index (κ2) is 7.75. The van der Waals surface area contributed by atoms with E-state index in [0.717, 1.165) is 39.5 Å². The first-order valence-corrected chi connectivity index (χ1v) is 11.3. The van der Waals surface area contributed by atoms with Crippen molar-refractivity contribution in [3.05, 3.63) is 119 Å². The summed E-state index contributed by atoms with van der Waals surface area (Å²) in [7, 11) is 0. The SMILES string of the molecule is CCc1c(Cn2ccc3ccccc32)c2ccccc2c(=O)n1-c1cccc2cccnc12. The van der Waals surface area contributed by atoms with Gasteiger partial charge < -0.3 is 4.57 Å². The van der Waals surface area contributed by atoms with Gasteiger partial charge in [-0.1, -0.05) is 61.5 Å². The van der Waals surface area contributed by atoms with E-state index in [0.29, 0.717) is 6.54 Å². The topological polar surface area (TPSA) is 39.8 Å². The molecular weight excluding hydrogens is 406 g/mol. The lowest BCUT2D eigenvalue weighted by molar-refractivity contribution is 0.790. The summed E-state index contributed by atoms with van der Waals surface area (Å²) in [6.45, 7) is 2.81. The first-order chi connectivity index (χ1) is 16.3. The van der Waals surface area contributed by atoms with Crippen molar-refractivity contribution in [1.29, 1.82) is 0 Å². The Morgan fingerprint density at radius 1 is 0.788 bits per heavy atom. The summed E-state index contributed by atoms with van der Waals surface area (Å²) in [6, 6.07) is 28.5. The zero-order chi connectivity index (χ0) is 22.4. The normalized spacial score (nSPS) is 11.5. The largest absolute Gasteiger partial charge is 0.343 e. The Bertz CT molecular complexity index is 1700. The zero-order valence-corrected chi connectivity index (χ0v) is 18.4. The summed E-state index contributed by atoms with van der Waals surface area (Å²) in [4.78, 5) is 18.5. The maximum Gasteiger partial charge on any atom is 0.263 e. The van der Waals surface area contributed by atoms with E-state index in [9.17, 15) is 4.79 Å². The number of nitrogens with zero attached hydrogens (tertiary/aromatic N) is 3. The molecule has 0 aliphatic carbocycles. The molecule has 0 bridgehead atoms. The number of pyridine rings is 2. The average Bonchev–Trinajstić information content (AvgIpc) is 3.28. The summed E-state index contributed by atoms with van der Waals surface area (Å²) in [5.41, 5.74) is 5.05. The van der Waals surface area contributed by atoms with Crippen molar-refractivity contribution in [3.8, 4) is 5.69 Å². The van der Waals surface area contributed by atoms with Gasteiger partial charge in [0.1, 0.15) is 0 Å². The van der Waals surface area contributed by atoms with E-state index < -0.39 is 0 Å². The third kappa shape index (κ3) is 3.06. The fourth-order valence-electron chi connectivity index (χ4n) is 4.99. The van der Waals surface area contributed by atoms with Crippen LogP contribution in [-0.2, 0) is 13.0 Å². The molecule has 4 heteroatoms. The van der Waals surface area contributed by atoms with Crippen LogP contribution in [0.4, 0.5) is 0 Å². The predicted molar refractivity (Wildman–Crippen MR) is 135 cm³/mol. The lowest BCUT2D eigenvalue weighted by Gasteiger charge is -2.20. The van der Waals surface area contributed by atoms with E-state index in [1.165, 1.54) is 16.5 Å². The van der Waals surface area contributed by atoms with Gasteiger partial charge >= 0.3 is 0 Å². The number of hydrogen-bond donors (Lipinski definition) is 0. The van der Waals surface area contributed by atoms with Crippen LogP contribution in [0.1, 0.15) is 18.2 Å². The molecule has 3 heterocycles. The van der Waals surface area contributed by atoms with E-state index in [4.69, 9.17) is 0 Å². The molecule has 0 saturated heterocycles. The molecule has 3 aromatic heterocycles. The average molecular weight is 430 g/mol. The van der Waals surface area contributed by atoms with Crippen molar-refractivity contribution >= 4 is 32.6 Å². The highest BCUT2D eigenvalue weighted by molar-refractivity contribution is 5.90. The highest BCUT2D eigenvalue weighted by Crippen LogP contribution is 2.28. The second-order valence-corrected chi connectivity index (χ2v) is 8.32. The second-order valence-electron chi connectivity index (χ2n) is 8.32. The summed E-state index contributed by atoms with van der Waals surface area (Å²) in [6.07, 6.45) is 4.65. The van der Waals surface area contributed by atoms with Gasteiger partial charge in [-0.05, 0) is 53.1 Å². The fraction of sp³-hybridized carbons (Fsp3) is 0.103. The maximum absolute atomic E-state index is 13.8. The van der Waals surface area contributed by atoms with Crippen LogP contribution in [0.3, 0.4) is 0 Å². The quantitative estimate of drug-likeness (QED) is 0.339. The first kappa shape index (κ1) is 19.5. The molecule has 0 fully saturated rings. The molecule has 0 atom stereocenters. The standard InChI is InChI=1S/C29H23N3O/c1-2-25-24(19-31-18-16-20-9-3-6-14-26(20)31)22-12-4-5-13-23(22)29(33)32(25)27-15-7-10-21-11-8-17-30-28(21)27/h3-18H,2,19H2,1H3. The van der Waals surface area contributed by atoms with Gasteiger partial charge in [0.25, 0.3) is 5.56 Å². The minimum atomic E-state index is 0.00159. The maximum atomic E-state index is 13.8. The summed E-state index contributed by atoms with van der Waals surface area (Å²) < 4.78 is 4.16. The molecule has 4 nitrogen and oxygen atoms in total. The van der Waals surface area contributed by atoms with E-state index in [2.05, 4.69) is 59.1 Å². The molecule has 3 aromatic carbocycles. The number of para-hydroxylation sites is 2. The van der Waals surface area contributed by atoms with E-state index in [1.807, 2.05) is 53.1 Å². The molecule has 6 aromatic rings. The highest BCUT2D eigenvalue weighted by Gasteiger charge is 2.19. The molecule has 0 aliphatic heterocycles. The Labute approximate surface area is 191 Å². The fourth-order valence-corrected chi connectivity index (χ4v) is 4.99. The summed E-state index contributed by atoms with van der Waals surface area (Å²) in [5.74, 6) is 0. The van der Waals surface area contributed by atoms with E-state index >= 15 is 0 Å². The molecule has 160 valence electrons. The van der Waals surface area contributed by atoms with Crippen LogP contribution in [0.25, 0.3) is 38.3 Å². The highest BCUT2D eigenvalue weighted by atomic mass is 16.1. The van der Waals surface area contributed by atoms with Crippen LogP contribution >= 0.6 is 0 Å². The number of benzene rings is 3. The van der Waals surface area contributed by atoms with Gasteiger partial charge in [-0.3, -0.25) is 14.3 Å². The first-order valence-electron chi connectivity index (χ1n) is 11.3. The van der Waals surface area contributed by atoms with Crippen molar-refractivity contribution in [2.75, 3.05) is 0 Å². The Kier molecular flexibility index (Phi) is 4.58. The van der Waals surface area contributed by atoms with E-state index in [1.54, 1.807) is 6.20 Å². The van der Waals surface area contributed by atoms with Crippen LogP contribution < -0.4 is 5.56 Å². The van der Waals surface area contributed by atoms with Gasteiger partial charge in [0, 0.05) is 40.9 Å². The van der Waals surface area contributed by atoms with Crippen molar-refractivity contribution in [2.24, 2.45) is 0 Å². The molecule has 33 heavy (non-hydrogen) atoms. The van der Waals surface area contributed by atoms with Crippen LogP contribution in [0.5, 0.6) is 0 Å². The van der Waals surface area contributed by atoms with Crippen LogP contribution in [0, 0.1) is 0 Å². The molecule has 0 N–H and O–H groups in total. The smallest absolute Gasteiger partial charge is 0.263 e. The van der Waals surface area contributed by atoms with Crippen molar-refractivity contribution in [2.45, 2.75) is 19.9 Å². The minimum Gasteiger partial charge on any atom is -0.343 e. The van der Waals surface area contributed by atoms with Gasteiger partial charge in [-0.2, -0.15) is 0 Å². The number of fused-ring (bicyclic) bond motifs is 3. The summed E-state index contributed by atoms with van der Waals surface area (Å²) >= 11 is 0. The van der Waals surface area contributed by atoms with Gasteiger partial charge in [0.05, 0.1) is 11.2 Å². The molecular formula is C29H23N3O. The van der Waals surface area contributed by atoms with Crippen molar-refractivity contribution in [1.82, 2.24) is 14.1 Å². The van der Waals surface area contributed by atoms with Crippen LogP contribution in [0.15, 0.2) is 102 Å². The Hall–Kier alpha value is -4.18. The van der Waals surface area contributed by atoms with Crippen molar-refractivity contribution in [3.63, 3.8) is 0 Å². The Morgan fingerprint density at radius 2 is 1.55 bits per heavy atom. The molecule has 6 rings (SSSR count). The Morgan fingerprint density at radius 3 is 2.42 bits per heavy atom. The van der Waals surface area contributed by atoms with Crippen LogP contribution in [0.2, 0.25) is 0 Å². The third-order valence-electron chi connectivity index (χ3n) is 6.50. The number of aromatic nitrogens is 3.